The van der Waals surface area contributed by atoms with Crippen molar-refractivity contribution in [2.24, 2.45) is 5.41 Å². The van der Waals surface area contributed by atoms with Crippen LogP contribution in [0.4, 0.5) is 10.2 Å². The summed E-state index contributed by atoms with van der Waals surface area (Å²) in [5, 5.41) is 16.7. The first-order valence-corrected chi connectivity index (χ1v) is 17.5. The maximum Gasteiger partial charge on any atom is 0.319 e. The zero-order valence-electron chi connectivity index (χ0n) is 27.6. The maximum absolute atomic E-state index is 17.5. The highest BCUT2D eigenvalue weighted by atomic mass is 19.1. The van der Waals surface area contributed by atoms with Gasteiger partial charge in [-0.1, -0.05) is 31.9 Å². The van der Waals surface area contributed by atoms with Crippen LogP contribution in [0.2, 0.25) is 0 Å². The number of terminal acetylenes is 1. The van der Waals surface area contributed by atoms with Gasteiger partial charge in [0.05, 0.1) is 19.3 Å². The zero-order chi connectivity index (χ0) is 32.7. The number of halogens is 1. The van der Waals surface area contributed by atoms with E-state index in [1.807, 2.05) is 18.2 Å². The highest BCUT2D eigenvalue weighted by Crippen LogP contribution is 2.49. The largest absolute Gasteiger partial charge is 0.508 e. The Hall–Kier alpha value is -3.97. The third-order valence-electron chi connectivity index (χ3n) is 11.5. The predicted octanol–water partition coefficient (Wildman–Crippen LogP) is 5.97. The summed E-state index contributed by atoms with van der Waals surface area (Å²) in [5.41, 5.74) is 2.72. The van der Waals surface area contributed by atoms with E-state index in [1.54, 1.807) is 12.1 Å². The third kappa shape index (κ3) is 5.08. The van der Waals surface area contributed by atoms with Gasteiger partial charge in [-0.2, -0.15) is 9.97 Å². The number of nitrogens with zero attached hydrogens (tertiary/aromatic N) is 4. The van der Waals surface area contributed by atoms with E-state index in [0.717, 1.165) is 87.0 Å². The summed E-state index contributed by atoms with van der Waals surface area (Å²) in [4.78, 5) is 14.8. The number of rotatable bonds is 8. The molecule has 9 heteroatoms. The van der Waals surface area contributed by atoms with E-state index in [-0.39, 0.29) is 28.6 Å². The predicted molar refractivity (Wildman–Crippen MR) is 185 cm³/mol. The number of anilines is 1. The minimum absolute atomic E-state index is 0.0294. The number of phenolic OH excluding ortho intramolecular Hbond substituents is 1. The number of aromatic nitrogens is 2. The lowest BCUT2D eigenvalue weighted by atomic mass is 9.86. The van der Waals surface area contributed by atoms with Gasteiger partial charge in [0.25, 0.3) is 0 Å². The smallest absolute Gasteiger partial charge is 0.319 e. The fraction of sp³-hybridized carbons (Fsp3) is 0.487. The van der Waals surface area contributed by atoms with Gasteiger partial charge in [-0.05, 0) is 78.8 Å². The molecule has 4 saturated heterocycles. The second-order valence-corrected chi connectivity index (χ2v) is 15.2. The Morgan fingerprint density at radius 1 is 1.15 bits per heavy atom. The second kappa shape index (κ2) is 11.3. The van der Waals surface area contributed by atoms with Crippen LogP contribution >= 0.6 is 0 Å². The standard InChI is InChI=1S/C39H42FN5O3/c1-4-23-6-5-7-24-12-28(46)14-31(33(23)24)34-30(22(2)3)15-32-36(35(34)40)42-38(43-37(32)44-16-25-8-9-26(17-44)41-25)48-21-39(10-11-39)20-45-18-29-13-27(45)19-47-29/h1,5-7,12,14-15,22,25-27,29,41,46H,8-11,13,16-21H2,2-3H3/t25?,26?,27-,29-/m1/s1. The Balaban J connectivity index is 1.17. The van der Waals surface area contributed by atoms with Crippen LogP contribution in [0.25, 0.3) is 32.8 Å². The molecule has 0 spiro atoms. The average Bonchev–Trinajstić information content (AvgIpc) is 3.34. The lowest BCUT2D eigenvalue weighted by molar-refractivity contribution is 0.0176. The quantitative estimate of drug-likeness (QED) is 0.227. The van der Waals surface area contributed by atoms with Gasteiger partial charge in [0.15, 0.2) is 5.82 Å². The molecule has 4 bridgehead atoms. The van der Waals surface area contributed by atoms with Crippen molar-refractivity contribution in [3.63, 3.8) is 0 Å². The molecule has 4 aromatic rings. The summed E-state index contributed by atoms with van der Waals surface area (Å²) in [6.07, 6.45) is 11.9. The number of nitrogens with one attached hydrogen (secondary N) is 1. The Morgan fingerprint density at radius 2 is 1.96 bits per heavy atom. The SMILES string of the molecule is C#Cc1cccc2cc(O)cc(-c3c(C(C)C)cc4c(N5CC6CCC(C5)N6)nc(OCC5(CN6C[C@H]7C[C@@H]6CO7)CC5)nc4c3F)c12. The Kier molecular flexibility index (Phi) is 7.09. The highest BCUT2D eigenvalue weighted by molar-refractivity contribution is 6.05. The molecule has 48 heavy (non-hydrogen) atoms. The topological polar surface area (TPSA) is 83.0 Å². The van der Waals surface area contributed by atoms with Crippen molar-refractivity contribution < 1.29 is 19.0 Å². The number of piperazine rings is 1. The number of phenols is 1. The molecule has 4 aliphatic heterocycles. The van der Waals surface area contributed by atoms with Crippen molar-refractivity contribution in [3.05, 3.63) is 53.3 Å². The number of morpholine rings is 1. The van der Waals surface area contributed by atoms with E-state index in [0.29, 0.717) is 52.9 Å². The second-order valence-electron chi connectivity index (χ2n) is 15.2. The van der Waals surface area contributed by atoms with Crippen LogP contribution in [0.5, 0.6) is 11.8 Å². The Labute approximate surface area is 280 Å². The van der Waals surface area contributed by atoms with Crippen molar-refractivity contribution in [1.29, 1.82) is 0 Å². The van der Waals surface area contributed by atoms with Crippen molar-refractivity contribution >= 4 is 27.5 Å². The maximum atomic E-state index is 17.5. The van der Waals surface area contributed by atoms with Gasteiger partial charge in [0.1, 0.15) is 17.1 Å². The van der Waals surface area contributed by atoms with Crippen molar-refractivity contribution in [2.45, 2.75) is 76.1 Å². The van der Waals surface area contributed by atoms with E-state index in [4.69, 9.17) is 25.9 Å². The number of likely N-dealkylation sites (tertiary alicyclic amines) is 1. The number of fused-ring (bicyclic) bond motifs is 6. The molecule has 5 aliphatic rings. The lowest BCUT2D eigenvalue weighted by Crippen LogP contribution is -2.51. The first-order chi connectivity index (χ1) is 23.3. The molecule has 248 valence electrons. The van der Waals surface area contributed by atoms with Gasteiger partial charge in [-0.3, -0.25) is 4.90 Å². The monoisotopic (exact) mass is 647 g/mol. The van der Waals surface area contributed by atoms with Crippen LogP contribution in [0.3, 0.4) is 0 Å². The summed E-state index contributed by atoms with van der Waals surface area (Å²) < 4.78 is 29.8. The van der Waals surface area contributed by atoms with Crippen LogP contribution in [-0.2, 0) is 4.74 Å². The summed E-state index contributed by atoms with van der Waals surface area (Å²) in [7, 11) is 0. The summed E-state index contributed by atoms with van der Waals surface area (Å²) in [6, 6.07) is 12.4. The van der Waals surface area contributed by atoms with Crippen molar-refractivity contribution in [1.82, 2.24) is 20.2 Å². The van der Waals surface area contributed by atoms with Gasteiger partial charge < -0.3 is 24.8 Å². The Bertz CT molecular complexity index is 1970. The van der Waals surface area contributed by atoms with E-state index in [2.05, 4.69) is 41.0 Å². The van der Waals surface area contributed by atoms with Gasteiger partial charge in [0, 0.05) is 71.6 Å². The van der Waals surface area contributed by atoms with Gasteiger partial charge in [-0.15, -0.1) is 6.42 Å². The van der Waals surface area contributed by atoms with Gasteiger partial charge in [0.2, 0.25) is 0 Å². The molecule has 0 amide bonds. The number of aromatic hydroxyl groups is 1. The number of ether oxygens (including phenoxy) is 2. The van der Waals surface area contributed by atoms with Crippen LogP contribution < -0.4 is 15.0 Å². The molecule has 5 fully saturated rings. The van der Waals surface area contributed by atoms with E-state index in [9.17, 15) is 5.11 Å². The van der Waals surface area contributed by atoms with Crippen LogP contribution in [-0.4, -0.2) is 83.6 Å². The molecule has 2 unspecified atom stereocenters. The van der Waals surface area contributed by atoms with Crippen molar-refractivity contribution in [2.75, 3.05) is 44.3 Å². The van der Waals surface area contributed by atoms with Crippen LogP contribution in [0.1, 0.15) is 63.0 Å². The molecular formula is C39H42FN5O3. The molecule has 1 aliphatic carbocycles. The molecule has 1 aromatic heterocycles. The van der Waals surface area contributed by atoms with Gasteiger partial charge in [-0.25, -0.2) is 4.39 Å². The lowest BCUT2D eigenvalue weighted by Gasteiger charge is -2.34. The number of hydrogen-bond donors (Lipinski definition) is 2. The Morgan fingerprint density at radius 3 is 2.65 bits per heavy atom. The van der Waals surface area contributed by atoms with E-state index < -0.39 is 5.82 Å². The molecular weight excluding hydrogens is 605 g/mol. The normalized spacial score (nSPS) is 25.8. The minimum atomic E-state index is -0.448. The molecule has 9 rings (SSSR count). The third-order valence-corrected chi connectivity index (χ3v) is 11.5. The summed E-state index contributed by atoms with van der Waals surface area (Å²) >= 11 is 0. The summed E-state index contributed by atoms with van der Waals surface area (Å²) in [6.45, 7) is 9.03. The van der Waals surface area contributed by atoms with E-state index in [1.165, 1.54) is 0 Å². The first-order valence-electron chi connectivity index (χ1n) is 17.5. The molecule has 0 radical (unpaired) electrons. The van der Waals surface area contributed by atoms with E-state index >= 15 is 4.39 Å². The first kappa shape index (κ1) is 30.1. The fourth-order valence-corrected chi connectivity index (χ4v) is 8.79. The molecule has 1 saturated carbocycles. The zero-order valence-corrected chi connectivity index (χ0v) is 27.6. The van der Waals surface area contributed by atoms with Gasteiger partial charge >= 0.3 is 6.01 Å². The molecule has 8 nitrogen and oxygen atoms in total. The van der Waals surface area contributed by atoms with Crippen molar-refractivity contribution in [3.8, 4) is 35.2 Å². The van der Waals surface area contributed by atoms with Crippen LogP contribution in [0.15, 0.2) is 36.4 Å². The fourth-order valence-electron chi connectivity index (χ4n) is 8.79. The highest BCUT2D eigenvalue weighted by Gasteiger charge is 2.49. The number of benzene rings is 3. The molecule has 4 atom stereocenters. The summed E-state index contributed by atoms with van der Waals surface area (Å²) in [5.74, 6) is 3.08. The minimum Gasteiger partial charge on any atom is -0.508 e. The average molecular weight is 648 g/mol. The molecule has 2 N–H and O–H groups in total. The molecule has 3 aromatic carbocycles. The molecule has 5 heterocycles. The van der Waals surface area contributed by atoms with Crippen LogP contribution in [0, 0.1) is 23.6 Å². The number of hydrogen-bond acceptors (Lipinski definition) is 8.